The van der Waals surface area contributed by atoms with Crippen LogP contribution in [0.3, 0.4) is 0 Å². The van der Waals surface area contributed by atoms with Crippen molar-refractivity contribution in [3.63, 3.8) is 0 Å². The van der Waals surface area contributed by atoms with E-state index in [2.05, 4.69) is 24.4 Å². The lowest BCUT2D eigenvalue weighted by Crippen LogP contribution is -2.32. The topological polar surface area (TPSA) is 47.6 Å². The van der Waals surface area contributed by atoms with Crippen LogP contribution in [0, 0.1) is 0 Å². The third kappa shape index (κ3) is 4.83. The van der Waals surface area contributed by atoms with Crippen LogP contribution >= 0.6 is 0 Å². The molecule has 4 nitrogen and oxygen atoms in total. The number of nitrogens with one attached hydrogen (secondary N) is 1. The van der Waals surface area contributed by atoms with Gasteiger partial charge in [0.2, 0.25) is 0 Å². The van der Waals surface area contributed by atoms with Crippen molar-refractivity contribution >= 4 is 16.7 Å². The number of hydrogen-bond donors (Lipinski definition) is 1. The second-order valence-electron chi connectivity index (χ2n) is 6.99. The van der Waals surface area contributed by atoms with Gasteiger partial charge in [0.25, 0.3) is 5.91 Å². The molecule has 0 aliphatic heterocycles. The average molecular weight is 377 g/mol. The number of hydrogen-bond acceptors (Lipinski definition) is 3. The minimum Gasteiger partial charge on any atom is -0.496 e. The summed E-state index contributed by atoms with van der Waals surface area (Å²) in [5.41, 5.74) is 1.45. The van der Waals surface area contributed by atoms with Crippen LogP contribution in [0.1, 0.15) is 42.6 Å². The van der Waals surface area contributed by atoms with Crippen LogP contribution < -0.4 is 14.8 Å². The molecule has 3 aromatic carbocycles. The van der Waals surface area contributed by atoms with Crippen molar-refractivity contribution in [3.8, 4) is 11.5 Å². The van der Waals surface area contributed by atoms with Gasteiger partial charge in [0.15, 0.2) is 0 Å². The molecule has 0 aliphatic rings. The minimum atomic E-state index is -0.0736. The highest BCUT2D eigenvalue weighted by atomic mass is 16.5. The van der Waals surface area contributed by atoms with E-state index in [9.17, 15) is 4.79 Å². The molecule has 3 rings (SSSR count). The Morgan fingerprint density at radius 3 is 2.57 bits per heavy atom. The highest BCUT2D eigenvalue weighted by Crippen LogP contribution is 2.25. The fourth-order valence-corrected chi connectivity index (χ4v) is 3.26. The summed E-state index contributed by atoms with van der Waals surface area (Å²) in [4.78, 5) is 12.5. The molecule has 4 heteroatoms. The Morgan fingerprint density at radius 1 is 1.04 bits per heavy atom. The summed E-state index contributed by atoms with van der Waals surface area (Å²) in [6.07, 6.45) is 1.99. The number of methoxy groups -OCH3 is 1. The van der Waals surface area contributed by atoms with Gasteiger partial charge in [0.05, 0.1) is 7.11 Å². The predicted octanol–water partition coefficient (Wildman–Crippen LogP) is 5.35. The first-order valence-corrected chi connectivity index (χ1v) is 9.70. The van der Waals surface area contributed by atoms with Gasteiger partial charge in [0, 0.05) is 17.2 Å². The lowest BCUT2D eigenvalue weighted by molar-refractivity contribution is 0.0938. The first-order valence-electron chi connectivity index (χ1n) is 9.70. The second kappa shape index (κ2) is 9.27. The van der Waals surface area contributed by atoms with E-state index in [-0.39, 0.29) is 11.9 Å². The molecule has 0 radical (unpaired) electrons. The number of ether oxygens (including phenoxy) is 2. The summed E-state index contributed by atoms with van der Waals surface area (Å²) in [5.74, 6) is 1.42. The van der Waals surface area contributed by atoms with Crippen molar-refractivity contribution in [1.29, 1.82) is 0 Å². The quantitative estimate of drug-likeness (QED) is 0.576. The van der Waals surface area contributed by atoms with Gasteiger partial charge in [-0.3, -0.25) is 4.79 Å². The first kappa shape index (κ1) is 19.7. The molecule has 0 aromatic heterocycles. The molecule has 0 aliphatic carbocycles. The normalized spacial score (nSPS) is 11.8. The van der Waals surface area contributed by atoms with Crippen molar-refractivity contribution in [3.05, 3.63) is 71.8 Å². The summed E-state index contributed by atoms with van der Waals surface area (Å²) >= 11 is 0. The summed E-state index contributed by atoms with van der Waals surface area (Å²) in [6, 6.07) is 19.8. The van der Waals surface area contributed by atoms with E-state index in [1.807, 2.05) is 49.4 Å². The van der Waals surface area contributed by atoms with E-state index < -0.39 is 0 Å². The van der Waals surface area contributed by atoms with E-state index >= 15 is 0 Å². The van der Waals surface area contributed by atoms with Gasteiger partial charge in [-0.15, -0.1) is 0 Å². The first-order chi connectivity index (χ1) is 13.6. The Balaban J connectivity index is 1.75. The maximum absolute atomic E-state index is 12.5. The lowest BCUT2D eigenvalue weighted by atomic mass is 10.1. The van der Waals surface area contributed by atoms with E-state index in [0.29, 0.717) is 17.9 Å². The second-order valence-corrected chi connectivity index (χ2v) is 6.99. The van der Waals surface area contributed by atoms with Gasteiger partial charge in [-0.05, 0) is 54.4 Å². The number of fused-ring (bicyclic) bond motifs is 1. The number of benzene rings is 3. The molecule has 1 atom stereocenters. The third-order valence-electron chi connectivity index (χ3n) is 4.76. The van der Waals surface area contributed by atoms with E-state index in [0.717, 1.165) is 29.5 Å². The number of amides is 1. The average Bonchev–Trinajstić information content (AvgIpc) is 2.72. The molecule has 0 spiro atoms. The van der Waals surface area contributed by atoms with Crippen LogP contribution in [0.2, 0.25) is 0 Å². The van der Waals surface area contributed by atoms with Gasteiger partial charge in [-0.2, -0.15) is 0 Å². The highest BCUT2D eigenvalue weighted by molar-refractivity contribution is 5.94. The fourth-order valence-electron chi connectivity index (χ4n) is 3.26. The van der Waals surface area contributed by atoms with E-state index in [4.69, 9.17) is 9.47 Å². The number of rotatable bonds is 8. The molecule has 0 fully saturated rings. The molecule has 146 valence electrons. The molecule has 0 saturated carbocycles. The van der Waals surface area contributed by atoms with E-state index in [1.54, 1.807) is 13.2 Å². The van der Waals surface area contributed by atoms with Gasteiger partial charge in [0.1, 0.15) is 18.1 Å². The van der Waals surface area contributed by atoms with Crippen LogP contribution in [-0.2, 0) is 6.61 Å². The molecule has 0 unspecified atom stereocenters. The molecular formula is C24H27NO3. The third-order valence-corrected chi connectivity index (χ3v) is 4.76. The van der Waals surface area contributed by atoms with E-state index in [1.165, 1.54) is 5.39 Å². The van der Waals surface area contributed by atoms with Crippen molar-refractivity contribution in [2.45, 2.75) is 39.3 Å². The summed E-state index contributed by atoms with van der Waals surface area (Å²) < 4.78 is 11.4. The van der Waals surface area contributed by atoms with Crippen molar-refractivity contribution in [2.75, 3.05) is 7.11 Å². The fraction of sp³-hybridized carbons (Fsp3) is 0.292. The van der Waals surface area contributed by atoms with Gasteiger partial charge >= 0.3 is 0 Å². The SMILES string of the molecule is CCC[C@H](C)NC(=O)c1ccc(OC)c(COc2ccc3ccccc3c2)c1. The zero-order chi connectivity index (χ0) is 19.9. The van der Waals surface area contributed by atoms with Crippen molar-refractivity contribution in [2.24, 2.45) is 0 Å². The molecule has 0 heterocycles. The Kier molecular flexibility index (Phi) is 6.53. The van der Waals surface area contributed by atoms with Crippen LogP contribution in [0.15, 0.2) is 60.7 Å². The predicted molar refractivity (Wildman–Crippen MR) is 113 cm³/mol. The van der Waals surface area contributed by atoms with Gasteiger partial charge in [-0.1, -0.05) is 43.7 Å². The van der Waals surface area contributed by atoms with Crippen LogP contribution in [0.5, 0.6) is 11.5 Å². The number of carbonyl (C=O) groups excluding carboxylic acids is 1. The smallest absolute Gasteiger partial charge is 0.251 e. The van der Waals surface area contributed by atoms with Crippen molar-refractivity contribution < 1.29 is 14.3 Å². The number of carbonyl (C=O) groups is 1. The highest BCUT2D eigenvalue weighted by Gasteiger charge is 2.13. The minimum absolute atomic E-state index is 0.0736. The Morgan fingerprint density at radius 2 is 1.82 bits per heavy atom. The Labute approximate surface area is 166 Å². The van der Waals surface area contributed by atoms with Crippen molar-refractivity contribution in [1.82, 2.24) is 5.32 Å². The van der Waals surface area contributed by atoms with Crippen LogP contribution in [-0.4, -0.2) is 19.1 Å². The van der Waals surface area contributed by atoms with Crippen LogP contribution in [0.25, 0.3) is 10.8 Å². The zero-order valence-corrected chi connectivity index (χ0v) is 16.7. The van der Waals surface area contributed by atoms with Gasteiger partial charge in [-0.25, -0.2) is 0 Å². The molecule has 3 aromatic rings. The molecule has 0 saturated heterocycles. The standard InChI is InChI=1S/C24H27NO3/c1-4-7-17(2)25-24(26)20-11-13-23(27-3)21(14-20)16-28-22-12-10-18-8-5-6-9-19(18)15-22/h5-6,8-15,17H,4,7,16H2,1-3H3,(H,25,26)/t17-/m0/s1. The zero-order valence-electron chi connectivity index (χ0n) is 16.7. The maximum Gasteiger partial charge on any atom is 0.251 e. The molecule has 1 N–H and O–H groups in total. The molecule has 1 amide bonds. The summed E-state index contributed by atoms with van der Waals surface area (Å²) in [6.45, 7) is 4.46. The monoisotopic (exact) mass is 377 g/mol. The summed E-state index contributed by atoms with van der Waals surface area (Å²) in [7, 11) is 1.62. The summed E-state index contributed by atoms with van der Waals surface area (Å²) in [5, 5.41) is 5.34. The van der Waals surface area contributed by atoms with Gasteiger partial charge < -0.3 is 14.8 Å². The lowest BCUT2D eigenvalue weighted by Gasteiger charge is -2.15. The Hall–Kier alpha value is -3.01. The molecular weight excluding hydrogens is 350 g/mol. The molecule has 28 heavy (non-hydrogen) atoms. The Bertz CT molecular complexity index is 951. The maximum atomic E-state index is 12.5. The molecule has 0 bridgehead atoms. The largest absolute Gasteiger partial charge is 0.496 e. The van der Waals surface area contributed by atoms with Crippen LogP contribution in [0.4, 0.5) is 0 Å².